The molecule has 25 heavy (non-hydrogen) atoms. The van der Waals surface area contributed by atoms with Crippen LogP contribution >= 0.6 is 23.1 Å². The van der Waals surface area contributed by atoms with Crippen LogP contribution in [0.15, 0.2) is 35.7 Å². The van der Waals surface area contributed by atoms with Crippen molar-refractivity contribution in [3.05, 3.63) is 46.6 Å². The zero-order valence-electron chi connectivity index (χ0n) is 13.5. The number of hydrogen-bond donors (Lipinski definition) is 1. The summed E-state index contributed by atoms with van der Waals surface area (Å²) in [6.45, 7) is 0. The molecule has 126 valence electrons. The van der Waals surface area contributed by atoms with E-state index in [4.69, 9.17) is 0 Å². The van der Waals surface area contributed by atoms with Gasteiger partial charge in [-0.2, -0.15) is 5.26 Å². The summed E-state index contributed by atoms with van der Waals surface area (Å²) in [5.41, 5.74) is 2.80. The van der Waals surface area contributed by atoms with Gasteiger partial charge >= 0.3 is 0 Å². The molecule has 5 nitrogen and oxygen atoms in total. The van der Waals surface area contributed by atoms with Crippen molar-refractivity contribution in [3.8, 4) is 6.07 Å². The van der Waals surface area contributed by atoms with Gasteiger partial charge in [0.05, 0.1) is 23.0 Å². The van der Waals surface area contributed by atoms with Crippen molar-refractivity contribution in [2.75, 3.05) is 11.1 Å². The number of aromatic nitrogens is 2. The number of nitrogens with one attached hydrogen (secondary N) is 1. The third kappa shape index (κ3) is 3.15. The maximum absolute atomic E-state index is 12.4. The molecule has 0 saturated carbocycles. The molecule has 3 heterocycles. The van der Waals surface area contributed by atoms with Gasteiger partial charge in [-0.25, -0.2) is 4.98 Å². The van der Waals surface area contributed by atoms with Crippen LogP contribution in [-0.4, -0.2) is 21.0 Å². The average Bonchev–Trinajstić information content (AvgIpc) is 3.20. The Morgan fingerprint density at radius 2 is 2.28 bits per heavy atom. The number of rotatable bonds is 4. The Balaban J connectivity index is 1.46. The van der Waals surface area contributed by atoms with Crippen LogP contribution in [0, 0.1) is 11.3 Å². The maximum Gasteiger partial charge on any atom is 0.235 e. The minimum absolute atomic E-state index is 0.104. The topological polar surface area (TPSA) is 70.2 Å². The Kier molecular flexibility index (Phi) is 4.47. The highest BCUT2D eigenvalue weighted by atomic mass is 32.2. The number of fused-ring (bicyclic) bond motifs is 2. The largest absolute Gasteiger partial charge is 0.316 e. The van der Waals surface area contributed by atoms with Crippen LogP contribution in [0.5, 0.6) is 0 Å². The first-order valence-electron chi connectivity index (χ1n) is 8.15. The molecule has 1 N–H and O–H groups in total. The van der Waals surface area contributed by atoms with Crippen LogP contribution in [0.25, 0.3) is 5.52 Å². The molecule has 0 atom stereocenters. The first kappa shape index (κ1) is 16.2. The van der Waals surface area contributed by atoms with E-state index >= 15 is 0 Å². The van der Waals surface area contributed by atoms with E-state index in [1.54, 1.807) is 17.5 Å². The van der Waals surface area contributed by atoms with Gasteiger partial charge in [-0.15, -0.1) is 11.3 Å². The van der Waals surface area contributed by atoms with Crippen LogP contribution < -0.4 is 5.32 Å². The second-order valence-corrected chi connectivity index (χ2v) is 7.95. The van der Waals surface area contributed by atoms with E-state index in [9.17, 15) is 10.1 Å². The first-order chi connectivity index (χ1) is 12.3. The van der Waals surface area contributed by atoms with Crippen molar-refractivity contribution < 1.29 is 4.79 Å². The lowest BCUT2D eigenvalue weighted by Gasteiger charge is -2.09. The number of nitriles is 1. The summed E-state index contributed by atoms with van der Waals surface area (Å²) in [6, 6.07) is 8.15. The second-order valence-electron chi connectivity index (χ2n) is 5.90. The lowest BCUT2D eigenvalue weighted by molar-refractivity contribution is -0.113. The van der Waals surface area contributed by atoms with Gasteiger partial charge in [0.25, 0.3) is 0 Å². The molecule has 1 amide bonds. The van der Waals surface area contributed by atoms with Gasteiger partial charge in [0.15, 0.2) is 5.16 Å². The number of carbonyl (C=O) groups is 1. The van der Waals surface area contributed by atoms with Gasteiger partial charge in [0, 0.05) is 11.1 Å². The third-order valence-corrected chi connectivity index (χ3v) is 6.45. The fourth-order valence-electron chi connectivity index (χ4n) is 3.09. The zero-order valence-corrected chi connectivity index (χ0v) is 15.1. The van der Waals surface area contributed by atoms with Crippen molar-refractivity contribution in [3.63, 3.8) is 0 Å². The number of thiophene rings is 1. The summed E-state index contributed by atoms with van der Waals surface area (Å²) in [6.07, 6.45) is 7.97. The maximum atomic E-state index is 12.4. The van der Waals surface area contributed by atoms with E-state index in [0.717, 1.165) is 41.9 Å². The van der Waals surface area contributed by atoms with Gasteiger partial charge < -0.3 is 5.32 Å². The molecule has 3 aromatic heterocycles. The number of hydrogen-bond acceptors (Lipinski definition) is 5. The van der Waals surface area contributed by atoms with Crippen molar-refractivity contribution in [1.29, 1.82) is 5.26 Å². The monoisotopic (exact) mass is 368 g/mol. The summed E-state index contributed by atoms with van der Waals surface area (Å²) >= 11 is 2.95. The Morgan fingerprint density at radius 1 is 1.40 bits per heavy atom. The highest BCUT2D eigenvalue weighted by molar-refractivity contribution is 7.99. The van der Waals surface area contributed by atoms with E-state index in [1.165, 1.54) is 16.6 Å². The molecule has 0 unspecified atom stereocenters. The fourth-order valence-corrected chi connectivity index (χ4v) is 5.11. The van der Waals surface area contributed by atoms with Crippen LogP contribution in [0.3, 0.4) is 0 Å². The number of thioether (sulfide) groups is 1. The Bertz CT molecular complexity index is 983. The van der Waals surface area contributed by atoms with Crippen molar-refractivity contribution in [1.82, 2.24) is 9.38 Å². The van der Waals surface area contributed by atoms with Gasteiger partial charge in [-0.3, -0.25) is 9.20 Å². The zero-order chi connectivity index (χ0) is 17.2. The molecule has 0 spiro atoms. The van der Waals surface area contributed by atoms with Crippen LogP contribution in [0.2, 0.25) is 0 Å². The minimum atomic E-state index is -0.104. The predicted octanol–water partition coefficient (Wildman–Crippen LogP) is 3.88. The SMILES string of the molecule is N#Cc1c(NC(=O)CSc2ncc3ccccn23)sc2c1CCCC2. The normalized spacial score (nSPS) is 13.4. The van der Waals surface area contributed by atoms with Gasteiger partial charge in [0.2, 0.25) is 5.91 Å². The standard InChI is InChI=1S/C18H16N4OS2/c19-9-14-13-6-1-2-7-15(13)25-17(14)21-16(23)11-24-18-20-10-12-5-3-4-8-22(12)18/h3-5,8,10H,1-2,6-7,11H2,(H,21,23). The molecule has 0 bridgehead atoms. The first-order valence-corrected chi connectivity index (χ1v) is 9.96. The van der Waals surface area contributed by atoms with E-state index in [1.807, 2.05) is 28.8 Å². The fraction of sp³-hybridized carbons (Fsp3) is 0.278. The number of carbonyl (C=O) groups excluding carboxylic acids is 1. The number of amides is 1. The molecule has 0 fully saturated rings. The highest BCUT2D eigenvalue weighted by Gasteiger charge is 2.21. The smallest absolute Gasteiger partial charge is 0.235 e. The average molecular weight is 368 g/mol. The van der Waals surface area contributed by atoms with E-state index in [2.05, 4.69) is 16.4 Å². The van der Waals surface area contributed by atoms with Gasteiger partial charge in [0.1, 0.15) is 11.1 Å². The number of pyridine rings is 1. The number of imidazole rings is 1. The van der Waals surface area contributed by atoms with Crippen molar-refractivity contribution in [2.24, 2.45) is 0 Å². The molecule has 0 aliphatic heterocycles. The van der Waals surface area contributed by atoms with E-state index in [0.29, 0.717) is 10.6 Å². The van der Waals surface area contributed by atoms with Crippen LogP contribution in [-0.2, 0) is 17.6 Å². The quantitative estimate of drug-likeness (QED) is 0.710. The lowest BCUT2D eigenvalue weighted by Crippen LogP contribution is -2.14. The predicted molar refractivity (Wildman–Crippen MR) is 100 cm³/mol. The molecule has 7 heteroatoms. The molecule has 3 aromatic rings. The number of nitrogens with zero attached hydrogens (tertiary/aromatic N) is 3. The Morgan fingerprint density at radius 3 is 3.16 bits per heavy atom. The summed E-state index contributed by atoms with van der Waals surface area (Å²) < 4.78 is 1.96. The Hall–Kier alpha value is -2.30. The molecular weight excluding hydrogens is 352 g/mol. The molecule has 0 radical (unpaired) electrons. The Labute approximate surface area is 153 Å². The van der Waals surface area contributed by atoms with Gasteiger partial charge in [-0.05, 0) is 43.4 Å². The molecule has 0 aromatic carbocycles. The summed E-state index contributed by atoms with van der Waals surface area (Å²) in [4.78, 5) is 18.0. The second kappa shape index (κ2) is 6.90. The van der Waals surface area contributed by atoms with Gasteiger partial charge in [-0.1, -0.05) is 17.8 Å². The summed E-state index contributed by atoms with van der Waals surface area (Å²) in [5, 5.41) is 13.9. The lowest BCUT2D eigenvalue weighted by atomic mass is 9.96. The van der Waals surface area contributed by atoms with E-state index in [-0.39, 0.29) is 11.7 Å². The molecule has 1 aliphatic carbocycles. The third-order valence-electron chi connectivity index (χ3n) is 4.27. The van der Waals surface area contributed by atoms with Crippen molar-refractivity contribution >= 4 is 39.5 Å². The highest BCUT2D eigenvalue weighted by Crippen LogP contribution is 2.37. The minimum Gasteiger partial charge on any atom is -0.316 e. The molecule has 4 rings (SSSR count). The van der Waals surface area contributed by atoms with Crippen LogP contribution in [0.1, 0.15) is 28.8 Å². The number of aryl methyl sites for hydroxylation is 1. The summed E-state index contributed by atoms with van der Waals surface area (Å²) in [7, 11) is 0. The van der Waals surface area contributed by atoms with Crippen molar-refractivity contribution in [2.45, 2.75) is 30.8 Å². The molecular formula is C18H16N4OS2. The summed E-state index contributed by atoms with van der Waals surface area (Å²) in [5.74, 6) is 0.161. The number of anilines is 1. The molecule has 0 saturated heterocycles. The van der Waals surface area contributed by atoms with E-state index < -0.39 is 0 Å². The molecule has 1 aliphatic rings. The van der Waals surface area contributed by atoms with Crippen LogP contribution in [0.4, 0.5) is 5.00 Å².